The molecule has 8 heteroatoms. The predicted molar refractivity (Wildman–Crippen MR) is 91.8 cm³/mol. The maximum Gasteiger partial charge on any atom is 0.344 e. The van der Waals surface area contributed by atoms with Gasteiger partial charge in [0.2, 0.25) is 0 Å². The Morgan fingerprint density at radius 2 is 2.15 bits per heavy atom. The van der Waals surface area contributed by atoms with Crippen molar-refractivity contribution >= 4 is 17.4 Å². The number of hydrogen-bond donors (Lipinski definition) is 1. The SMILES string of the molecule is C[C@@H]1COc2ccc(F)cc2[C@@H](C)Nc2ccn3ncc(c3n2)C(=O)O1. The molecule has 1 aliphatic heterocycles. The van der Waals surface area contributed by atoms with Gasteiger partial charge in [-0.25, -0.2) is 18.7 Å². The van der Waals surface area contributed by atoms with Crippen LogP contribution in [0, 0.1) is 5.82 Å². The summed E-state index contributed by atoms with van der Waals surface area (Å²) in [5.74, 6) is 0.179. The number of nitrogens with zero attached hydrogens (tertiary/aromatic N) is 3. The molecule has 2 bridgehead atoms. The van der Waals surface area contributed by atoms with Gasteiger partial charge in [-0.05, 0) is 38.1 Å². The van der Waals surface area contributed by atoms with E-state index < -0.39 is 12.1 Å². The van der Waals surface area contributed by atoms with Crippen LogP contribution in [0.4, 0.5) is 10.2 Å². The number of anilines is 1. The molecule has 1 aliphatic rings. The summed E-state index contributed by atoms with van der Waals surface area (Å²) in [6.07, 6.45) is 2.62. The minimum Gasteiger partial charge on any atom is -0.489 e. The Morgan fingerprint density at radius 3 is 3.00 bits per heavy atom. The lowest BCUT2D eigenvalue weighted by Gasteiger charge is -2.20. The summed E-state index contributed by atoms with van der Waals surface area (Å²) >= 11 is 0. The Morgan fingerprint density at radius 1 is 1.31 bits per heavy atom. The van der Waals surface area contributed by atoms with Gasteiger partial charge < -0.3 is 14.8 Å². The summed E-state index contributed by atoms with van der Waals surface area (Å²) in [5, 5.41) is 7.33. The molecule has 134 valence electrons. The average Bonchev–Trinajstić information content (AvgIpc) is 3.03. The minimum absolute atomic E-state index is 0.145. The Balaban J connectivity index is 1.82. The molecule has 3 heterocycles. The quantitative estimate of drug-likeness (QED) is 0.624. The van der Waals surface area contributed by atoms with Gasteiger partial charge >= 0.3 is 5.97 Å². The van der Waals surface area contributed by atoms with Crippen molar-refractivity contribution in [3.8, 4) is 5.75 Å². The van der Waals surface area contributed by atoms with Crippen molar-refractivity contribution < 1.29 is 18.7 Å². The molecule has 2 atom stereocenters. The smallest absolute Gasteiger partial charge is 0.344 e. The predicted octanol–water partition coefficient (Wildman–Crippen LogP) is 2.98. The topological polar surface area (TPSA) is 77.8 Å². The van der Waals surface area contributed by atoms with Crippen molar-refractivity contribution in [3.05, 3.63) is 53.6 Å². The molecular weight excluding hydrogens is 339 g/mol. The van der Waals surface area contributed by atoms with E-state index in [1.165, 1.54) is 22.8 Å². The van der Waals surface area contributed by atoms with Crippen LogP contribution in [0.1, 0.15) is 35.8 Å². The van der Waals surface area contributed by atoms with E-state index >= 15 is 0 Å². The molecule has 26 heavy (non-hydrogen) atoms. The molecule has 3 aromatic rings. The van der Waals surface area contributed by atoms with Crippen molar-refractivity contribution in [2.75, 3.05) is 11.9 Å². The van der Waals surface area contributed by atoms with Crippen LogP contribution in [0.3, 0.4) is 0 Å². The molecule has 0 unspecified atom stereocenters. The van der Waals surface area contributed by atoms with E-state index in [2.05, 4.69) is 15.4 Å². The van der Waals surface area contributed by atoms with Crippen LogP contribution in [0.2, 0.25) is 0 Å². The first-order valence-electron chi connectivity index (χ1n) is 8.25. The Bertz CT molecular complexity index is 988. The number of benzene rings is 1. The van der Waals surface area contributed by atoms with E-state index in [1.54, 1.807) is 25.3 Å². The second-order valence-corrected chi connectivity index (χ2v) is 6.21. The summed E-state index contributed by atoms with van der Waals surface area (Å²) in [7, 11) is 0. The lowest BCUT2D eigenvalue weighted by molar-refractivity contribution is 0.0229. The largest absolute Gasteiger partial charge is 0.489 e. The molecule has 0 amide bonds. The molecular formula is C18H17FN4O3. The molecule has 4 rings (SSSR count). The fourth-order valence-electron chi connectivity index (χ4n) is 2.87. The van der Waals surface area contributed by atoms with Crippen LogP contribution >= 0.6 is 0 Å². The second-order valence-electron chi connectivity index (χ2n) is 6.21. The minimum atomic E-state index is -0.521. The molecule has 2 aromatic heterocycles. The van der Waals surface area contributed by atoms with Crippen LogP contribution in [0.5, 0.6) is 5.75 Å². The lowest BCUT2D eigenvalue weighted by Crippen LogP contribution is -2.22. The highest BCUT2D eigenvalue weighted by Crippen LogP contribution is 2.29. The number of esters is 1. The van der Waals surface area contributed by atoms with Gasteiger partial charge in [-0.3, -0.25) is 0 Å². The number of nitrogens with one attached hydrogen (secondary N) is 1. The van der Waals surface area contributed by atoms with Crippen LogP contribution in [-0.2, 0) is 4.74 Å². The third-order valence-corrected chi connectivity index (χ3v) is 4.17. The number of halogens is 1. The van der Waals surface area contributed by atoms with Gasteiger partial charge in [0.15, 0.2) is 5.65 Å². The monoisotopic (exact) mass is 356 g/mol. The van der Waals surface area contributed by atoms with Crippen molar-refractivity contribution in [2.45, 2.75) is 26.0 Å². The van der Waals surface area contributed by atoms with Gasteiger partial charge in [0.25, 0.3) is 0 Å². The molecule has 0 spiro atoms. The summed E-state index contributed by atoms with van der Waals surface area (Å²) in [5.41, 5.74) is 1.31. The number of fused-ring (bicyclic) bond motifs is 2. The van der Waals surface area contributed by atoms with Crippen molar-refractivity contribution in [1.29, 1.82) is 0 Å². The number of aromatic nitrogens is 3. The summed E-state index contributed by atoms with van der Waals surface area (Å²) < 4.78 is 26.5. The number of ether oxygens (including phenoxy) is 2. The lowest BCUT2D eigenvalue weighted by atomic mass is 10.1. The highest BCUT2D eigenvalue weighted by Gasteiger charge is 2.21. The zero-order chi connectivity index (χ0) is 18.3. The normalized spacial score (nSPS) is 20.2. The highest BCUT2D eigenvalue weighted by molar-refractivity contribution is 5.95. The van der Waals surface area contributed by atoms with E-state index in [0.29, 0.717) is 22.8 Å². The van der Waals surface area contributed by atoms with Gasteiger partial charge in [-0.15, -0.1) is 0 Å². The summed E-state index contributed by atoms with van der Waals surface area (Å²) in [6.45, 7) is 3.76. The Labute approximate surface area is 148 Å². The first-order valence-corrected chi connectivity index (χ1v) is 8.25. The first-order chi connectivity index (χ1) is 12.5. The zero-order valence-corrected chi connectivity index (χ0v) is 14.3. The van der Waals surface area contributed by atoms with Crippen LogP contribution in [0.25, 0.3) is 5.65 Å². The third-order valence-electron chi connectivity index (χ3n) is 4.17. The second kappa shape index (κ2) is 6.29. The fourth-order valence-corrected chi connectivity index (χ4v) is 2.87. The number of carbonyl (C=O) groups excluding carboxylic acids is 1. The Hall–Kier alpha value is -3.16. The maximum atomic E-state index is 13.8. The molecule has 0 fully saturated rings. The fraction of sp³-hybridized carbons (Fsp3) is 0.278. The number of cyclic esters (lactones) is 1. The number of rotatable bonds is 0. The van der Waals surface area contributed by atoms with Gasteiger partial charge in [0.05, 0.1) is 12.2 Å². The summed E-state index contributed by atoms with van der Waals surface area (Å²) in [4.78, 5) is 16.9. The molecule has 1 N–H and O–H groups in total. The number of carbonyl (C=O) groups is 1. The standard InChI is InChI=1S/C18H17FN4O3/c1-10-9-25-15-4-3-12(19)7-13(15)11(2)21-16-5-6-23-17(22-16)14(8-20-23)18(24)26-10/h3-8,10-11H,9H2,1-2H3,(H,21,22)/t10-,11-/m1/s1. The third kappa shape index (κ3) is 2.94. The Kier molecular flexibility index (Phi) is 3.95. The van der Waals surface area contributed by atoms with Crippen molar-refractivity contribution in [1.82, 2.24) is 14.6 Å². The average molecular weight is 356 g/mol. The summed E-state index contributed by atoms with van der Waals surface area (Å²) in [6, 6.07) is 5.79. The number of hydrogen-bond acceptors (Lipinski definition) is 6. The molecule has 7 nitrogen and oxygen atoms in total. The molecule has 0 radical (unpaired) electrons. The van der Waals surface area contributed by atoms with Crippen LogP contribution in [-0.4, -0.2) is 33.3 Å². The van der Waals surface area contributed by atoms with Gasteiger partial charge in [0.1, 0.15) is 35.7 Å². The van der Waals surface area contributed by atoms with E-state index in [1.807, 2.05) is 6.92 Å². The molecule has 1 aromatic carbocycles. The van der Waals surface area contributed by atoms with Gasteiger partial charge in [-0.1, -0.05) is 0 Å². The molecule has 0 aliphatic carbocycles. The van der Waals surface area contributed by atoms with E-state index in [4.69, 9.17) is 9.47 Å². The van der Waals surface area contributed by atoms with Crippen molar-refractivity contribution in [2.24, 2.45) is 0 Å². The van der Waals surface area contributed by atoms with E-state index in [0.717, 1.165) is 0 Å². The zero-order valence-electron chi connectivity index (χ0n) is 14.3. The van der Waals surface area contributed by atoms with E-state index in [-0.39, 0.29) is 24.0 Å². The maximum absolute atomic E-state index is 13.8. The van der Waals surface area contributed by atoms with Crippen molar-refractivity contribution in [3.63, 3.8) is 0 Å². The van der Waals surface area contributed by atoms with E-state index in [9.17, 15) is 9.18 Å². The van der Waals surface area contributed by atoms with Crippen LogP contribution in [0.15, 0.2) is 36.7 Å². The van der Waals surface area contributed by atoms with Crippen LogP contribution < -0.4 is 10.1 Å². The van der Waals surface area contributed by atoms with Gasteiger partial charge in [-0.2, -0.15) is 5.10 Å². The molecule has 0 saturated carbocycles. The van der Waals surface area contributed by atoms with Gasteiger partial charge in [0, 0.05) is 11.8 Å². The molecule has 0 saturated heterocycles. The first kappa shape index (κ1) is 16.3. The highest BCUT2D eigenvalue weighted by atomic mass is 19.1.